The molecule has 5 nitrogen and oxygen atoms in total. The number of carbonyl (C=O) groups excluding carboxylic acids is 2. The number of para-hydroxylation sites is 1. The van der Waals surface area contributed by atoms with E-state index in [1.54, 1.807) is 49.4 Å². The Balaban J connectivity index is 2.26. The van der Waals surface area contributed by atoms with Gasteiger partial charge in [-0.05, 0) is 19.1 Å². The highest BCUT2D eigenvalue weighted by atomic mass is 16.5. The van der Waals surface area contributed by atoms with Gasteiger partial charge in [-0.3, -0.25) is 10.2 Å². The predicted octanol–water partition coefficient (Wildman–Crippen LogP) is 2.90. The van der Waals surface area contributed by atoms with Gasteiger partial charge in [0.25, 0.3) is 0 Å². The molecule has 0 fully saturated rings. The fraction of sp³-hybridized carbons (Fsp3) is 0.118. The molecule has 0 aliphatic carbocycles. The summed E-state index contributed by atoms with van der Waals surface area (Å²) >= 11 is 0. The van der Waals surface area contributed by atoms with Crippen LogP contribution in [0, 0.1) is 0 Å². The lowest BCUT2D eigenvalue weighted by molar-refractivity contribution is -0.134. The third-order valence-electron chi connectivity index (χ3n) is 2.79. The zero-order chi connectivity index (χ0) is 15.8. The Morgan fingerprint density at radius 2 is 1.59 bits per heavy atom. The lowest BCUT2D eigenvalue weighted by atomic mass is 10.1. The minimum atomic E-state index is -0.750. The average Bonchev–Trinajstić information content (AvgIpc) is 2.57. The molecule has 0 spiro atoms. The summed E-state index contributed by atoms with van der Waals surface area (Å²) in [6.45, 7) is 1.85. The van der Waals surface area contributed by atoms with Gasteiger partial charge in [0.05, 0.1) is 12.3 Å². The van der Waals surface area contributed by atoms with Crippen LogP contribution >= 0.6 is 0 Å². The van der Waals surface area contributed by atoms with Crippen molar-refractivity contribution in [2.24, 2.45) is 5.10 Å². The molecule has 0 heterocycles. The highest BCUT2D eigenvalue weighted by molar-refractivity contribution is 6.67. The summed E-state index contributed by atoms with van der Waals surface area (Å²) in [6, 6.07) is 17.5. The molecule has 1 N–H and O–H groups in total. The Morgan fingerprint density at radius 1 is 1.00 bits per heavy atom. The van der Waals surface area contributed by atoms with Crippen molar-refractivity contribution < 1.29 is 14.3 Å². The SMILES string of the molecule is CCOC(=O)/C(=N\Nc1ccccc1)C(=O)c1ccccc1. The van der Waals surface area contributed by atoms with Crippen molar-refractivity contribution in [3.63, 3.8) is 0 Å². The van der Waals surface area contributed by atoms with E-state index in [0.29, 0.717) is 11.3 Å². The third kappa shape index (κ3) is 4.02. The number of rotatable bonds is 6. The van der Waals surface area contributed by atoms with E-state index in [-0.39, 0.29) is 12.3 Å². The number of hydrazone groups is 1. The smallest absolute Gasteiger partial charge is 0.362 e. The van der Waals surface area contributed by atoms with Crippen LogP contribution in [0.25, 0.3) is 0 Å². The number of anilines is 1. The largest absolute Gasteiger partial charge is 0.461 e. The number of nitrogens with one attached hydrogen (secondary N) is 1. The Bertz CT molecular complexity index is 667. The first-order valence-corrected chi connectivity index (χ1v) is 6.88. The number of ketones is 1. The van der Waals surface area contributed by atoms with Crippen LogP contribution in [-0.2, 0) is 9.53 Å². The molecular weight excluding hydrogens is 280 g/mol. The van der Waals surface area contributed by atoms with Crippen molar-refractivity contribution >= 4 is 23.2 Å². The topological polar surface area (TPSA) is 67.8 Å². The molecule has 0 saturated heterocycles. The van der Waals surface area contributed by atoms with E-state index < -0.39 is 11.8 Å². The van der Waals surface area contributed by atoms with Crippen LogP contribution in [-0.4, -0.2) is 24.1 Å². The molecule has 0 unspecified atom stereocenters. The standard InChI is InChI=1S/C17H16N2O3/c1-2-22-17(21)15(16(20)13-9-5-3-6-10-13)19-18-14-11-7-4-8-12-14/h3-12,18H,2H2,1H3/b19-15-. The number of Topliss-reactive ketones (excluding diaryl/α,β-unsaturated/α-hetero) is 1. The summed E-state index contributed by atoms with van der Waals surface area (Å²) in [6.07, 6.45) is 0. The van der Waals surface area contributed by atoms with Crippen LogP contribution in [0.2, 0.25) is 0 Å². The molecule has 0 aliphatic rings. The van der Waals surface area contributed by atoms with Gasteiger partial charge in [0.1, 0.15) is 0 Å². The molecule has 0 aromatic heterocycles. The number of benzene rings is 2. The normalized spacial score (nSPS) is 10.9. The maximum absolute atomic E-state index is 12.4. The number of hydrogen-bond donors (Lipinski definition) is 1. The van der Waals surface area contributed by atoms with Crippen molar-refractivity contribution in [1.82, 2.24) is 0 Å². The van der Waals surface area contributed by atoms with Crippen molar-refractivity contribution in [3.8, 4) is 0 Å². The molecule has 2 aromatic rings. The minimum Gasteiger partial charge on any atom is -0.461 e. The fourth-order valence-corrected chi connectivity index (χ4v) is 1.75. The molecule has 0 atom stereocenters. The monoisotopic (exact) mass is 296 g/mol. The van der Waals surface area contributed by atoms with E-state index in [9.17, 15) is 9.59 Å². The van der Waals surface area contributed by atoms with Gasteiger partial charge >= 0.3 is 5.97 Å². The highest BCUT2D eigenvalue weighted by Gasteiger charge is 2.23. The van der Waals surface area contributed by atoms with Crippen LogP contribution in [0.3, 0.4) is 0 Å². The number of hydrogen-bond acceptors (Lipinski definition) is 5. The van der Waals surface area contributed by atoms with Crippen LogP contribution in [0.1, 0.15) is 17.3 Å². The molecular formula is C17H16N2O3. The molecule has 0 saturated carbocycles. The van der Waals surface area contributed by atoms with E-state index in [1.807, 2.05) is 18.2 Å². The average molecular weight is 296 g/mol. The minimum absolute atomic E-state index is 0.172. The summed E-state index contributed by atoms with van der Waals surface area (Å²) < 4.78 is 4.90. The molecule has 0 bridgehead atoms. The number of ether oxygens (including phenoxy) is 1. The zero-order valence-corrected chi connectivity index (χ0v) is 12.2. The van der Waals surface area contributed by atoms with E-state index in [1.165, 1.54) is 0 Å². The third-order valence-corrected chi connectivity index (χ3v) is 2.79. The van der Waals surface area contributed by atoms with Crippen molar-refractivity contribution in [2.75, 3.05) is 12.0 Å². The number of esters is 1. The molecule has 112 valence electrons. The van der Waals surface area contributed by atoms with E-state index in [2.05, 4.69) is 10.5 Å². The van der Waals surface area contributed by atoms with Crippen LogP contribution < -0.4 is 5.43 Å². The van der Waals surface area contributed by atoms with Gasteiger partial charge in [-0.25, -0.2) is 4.79 Å². The quantitative estimate of drug-likeness (QED) is 0.292. The van der Waals surface area contributed by atoms with E-state index in [0.717, 1.165) is 0 Å². The molecule has 0 aliphatic heterocycles. The molecule has 0 amide bonds. The maximum atomic E-state index is 12.4. The summed E-state index contributed by atoms with van der Waals surface area (Å²) in [5, 5.41) is 3.93. The Morgan fingerprint density at radius 3 is 2.18 bits per heavy atom. The van der Waals surface area contributed by atoms with Gasteiger partial charge in [0.2, 0.25) is 11.5 Å². The second kappa shape index (κ2) is 7.73. The lowest BCUT2D eigenvalue weighted by Gasteiger charge is -2.06. The summed E-state index contributed by atoms with van der Waals surface area (Å²) in [7, 11) is 0. The molecule has 2 aromatic carbocycles. The van der Waals surface area contributed by atoms with Gasteiger partial charge in [0, 0.05) is 5.56 Å². The Kier molecular flexibility index (Phi) is 5.43. The summed E-state index contributed by atoms with van der Waals surface area (Å²) in [4.78, 5) is 24.4. The van der Waals surface area contributed by atoms with Crippen molar-refractivity contribution in [2.45, 2.75) is 6.92 Å². The van der Waals surface area contributed by atoms with Crippen LogP contribution in [0.5, 0.6) is 0 Å². The van der Waals surface area contributed by atoms with Crippen molar-refractivity contribution in [3.05, 3.63) is 66.2 Å². The van der Waals surface area contributed by atoms with Crippen LogP contribution in [0.4, 0.5) is 5.69 Å². The lowest BCUT2D eigenvalue weighted by Crippen LogP contribution is -2.27. The second-order valence-corrected chi connectivity index (χ2v) is 4.35. The molecule has 2 rings (SSSR count). The van der Waals surface area contributed by atoms with E-state index in [4.69, 9.17) is 4.74 Å². The summed E-state index contributed by atoms with van der Waals surface area (Å²) in [5.74, 6) is -1.23. The predicted molar refractivity (Wildman–Crippen MR) is 84.9 cm³/mol. The summed E-state index contributed by atoms with van der Waals surface area (Å²) in [5.41, 5.74) is 3.47. The molecule has 5 heteroatoms. The van der Waals surface area contributed by atoms with Gasteiger partial charge in [-0.15, -0.1) is 0 Å². The van der Waals surface area contributed by atoms with Gasteiger partial charge in [-0.1, -0.05) is 48.5 Å². The second-order valence-electron chi connectivity index (χ2n) is 4.35. The molecule has 22 heavy (non-hydrogen) atoms. The highest BCUT2D eigenvalue weighted by Crippen LogP contribution is 2.07. The number of nitrogens with zero attached hydrogens (tertiary/aromatic N) is 1. The van der Waals surface area contributed by atoms with Gasteiger partial charge < -0.3 is 4.74 Å². The number of carbonyl (C=O) groups is 2. The fourth-order valence-electron chi connectivity index (χ4n) is 1.75. The Hall–Kier alpha value is -2.95. The maximum Gasteiger partial charge on any atom is 0.362 e. The van der Waals surface area contributed by atoms with Crippen LogP contribution in [0.15, 0.2) is 65.8 Å². The first kappa shape index (κ1) is 15.4. The first-order chi connectivity index (χ1) is 10.7. The van der Waals surface area contributed by atoms with E-state index >= 15 is 0 Å². The first-order valence-electron chi connectivity index (χ1n) is 6.88. The van der Waals surface area contributed by atoms with Gasteiger partial charge in [-0.2, -0.15) is 5.10 Å². The Labute approximate surface area is 128 Å². The molecule has 0 radical (unpaired) electrons. The van der Waals surface area contributed by atoms with Crippen molar-refractivity contribution in [1.29, 1.82) is 0 Å². The van der Waals surface area contributed by atoms with Gasteiger partial charge in [0.15, 0.2) is 0 Å². The zero-order valence-electron chi connectivity index (χ0n) is 12.2.